The van der Waals surface area contributed by atoms with Crippen LogP contribution in [0.4, 0.5) is 14.5 Å². The Morgan fingerprint density at radius 2 is 1.97 bits per heavy atom. The third kappa shape index (κ3) is 5.61. The van der Waals surface area contributed by atoms with Crippen LogP contribution in [-0.2, 0) is 16.4 Å². The van der Waals surface area contributed by atoms with E-state index in [1.165, 1.54) is 12.5 Å². The van der Waals surface area contributed by atoms with Gasteiger partial charge in [0.25, 0.3) is 5.91 Å². The smallest absolute Gasteiger partial charge is 0.399 e. The Morgan fingerprint density at radius 3 is 2.66 bits per heavy atom. The van der Waals surface area contributed by atoms with E-state index >= 15 is 0 Å². The molecule has 1 amide bonds. The van der Waals surface area contributed by atoms with Gasteiger partial charge in [0.05, 0.1) is 12.3 Å². The van der Waals surface area contributed by atoms with Crippen molar-refractivity contribution < 1.29 is 31.1 Å². The number of sulfonamides is 1. The van der Waals surface area contributed by atoms with E-state index in [1.54, 1.807) is 4.72 Å². The molecule has 3 aromatic rings. The van der Waals surface area contributed by atoms with Crippen LogP contribution in [0.5, 0.6) is 11.8 Å². The number of ether oxygens (including phenoxy) is 1. The number of benzene rings is 2. The molecule has 2 atom stereocenters. The third-order valence-electron chi connectivity index (χ3n) is 5.88. The van der Waals surface area contributed by atoms with Crippen molar-refractivity contribution in [2.75, 3.05) is 11.0 Å². The van der Waals surface area contributed by atoms with E-state index in [1.807, 2.05) is 12.1 Å². The van der Waals surface area contributed by atoms with Crippen LogP contribution in [0.2, 0.25) is 0 Å². The zero-order valence-corrected chi connectivity index (χ0v) is 20.2. The number of amides is 1. The number of nitrogens with zero attached hydrogens (tertiary/aromatic N) is 1. The molecule has 186 valence electrons. The maximum atomic E-state index is 14.3. The molecular formula is C24H25F2N3O5S. The summed E-state index contributed by atoms with van der Waals surface area (Å²) in [6.45, 7) is 3.69. The van der Waals surface area contributed by atoms with E-state index in [4.69, 9.17) is 9.15 Å². The normalized spacial score (nSPS) is 16.3. The molecule has 0 aliphatic heterocycles. The lowest BCUT2D eigenvalue weighted by atomic mass is 9.83. The molecule has 11 heteroatoms. The Bertz CT molecular complexity index is 1350. The first kappa shape index (κ1) is 24.6. The standard InChI is InChI=1S/C24H25F2N3O5S/c1-13-6-4-8-17-16(13)7-5-9-21(17)34-24-28-20(12-33-24)23(30)27-14(2)15-10-18(25)22(19(26)11-15)29-35(3,31)32/h5,7,9-14,29H,4,6,8H2,1-3H3,(H,27,30)/t13?,14-/m1/s1. The molecule has 2 N–H and O–H groups in total. The SMILES string of the molecule is CC1CCCc2c(Oc3nc(C(=O)N[C@H](C)c4cc(F)c(NS(C)(=O)=O)c(F)c4)co3)cccc21. The minimum Gasteiger partial charge on any atom is -0.416 e. The highest BCUT2D eigenvalue weighted by Crippen LogP contribution is 2.37. The minimum atomic E-state index is -3.87. The lowest BCUT2D eigenvalue weighted by Crippen LogP contribution is -2.27. The van der Waals surface area contributed by atoms with Crippen LogP contribution >= 0.6 is 0 Å². The average Bonchev–Trinajstić information content (AvgIpc) is 3.25. The molecule has 2 aromatic carbocycles. The van der Waals surface area contributed by atoms with Gasteiger partial charge in [-0.25, -0.2) is 17.2 Å². The molecule has 1 aliphatic carbocycles. The van der Waals surface area contributed by atoms with Gasteiger partial charge < -0.3 is 14.5 Å². The van der Waals surface area contributed by atoms with E-state index in [-0.39, 0.29) is 17.3 Å². The van der Waals surface area contributed by atoms with Crippen molar-refractivity contribution in [1.29, 1.82) is 0 Å². The highest BCUT2D eigenvalue weighted by Gasteiger charge is 2.23. The van der Waals surface area contributed by atoms with Gasteiger partial charge >= 0.3 is 6.08 Å². The predicted molar refractivity (Wildman–Crippen MR) is 125 cm³/mol. The van der Waals surface area contributed by atoms with Gasteiger partial charge in [-0.15, -0.1) is 0 Å². The van der Waals surface area contributed by atoms with Crippen molar-refractivity contribution in [3.63, 3.8) is 0 Å². The fourth-order valence-corrected chi connectivity index (χ4v) is 4.70. The molecule has 4 rings (SSSR count). The summed E-state index contributed by atoms with van der Waals surface area (Å²) in [5.41, 5.74) is 1.57. The summed E-state index contributed by atoms with van der Waals surface area (Å²) in [7, 11) is -3.87. The number of hydrogen-bond donors (Lipinski definition) is 2. The second kappa shape index (κ2) is 9.65. The van der Waals surface area contributed by atoms with Gasteiger partial charge in [-0.2, -0.15) is 4.98 Å². The number of oxazole rings is 1. The van der Waals surface area contributed by atoms with E-state index in [2.05, 4.69) is 23.3 Å². The molecule has 1 unspecified atom stereocenters. The number of rotatable bonds is 7. The van der Waals surface area contributed by atoms with Crippen molar-refractivity contribution >= 4 is 21.6 Å². The molecule has 0 spiro atoms. The molecule has 35 heavy (non-hydrogen) atoms. The lowest BCUT2D eigenvalue weighted by molar-refractivity contribution is 0.0934. The molecule has 1 aliphatic rings. The summed E-state index contributed by atoms with van der Waals surface area (Å²) < 4.78 is 64.1. The number of carbonyl (C=O) groups excluding carboxylic acids is 1. The maximum absolute atomic E-state index is 14.3. The van der Waals surface area contributed by atoms with Crippen LogP contribution in [0.15, 0.2) is 41.0 Å². The monoisotopic (exact) mass is 505 g/mol. The Kier molecular flexibility index (Phi) is 6.79. The van der Waals surface area contributed by atoms with Crippen LogP contribution in [0.3, 0.4) is 0 Å². The first-order valence-corrected chi connectivity index (χ1v) is 12.9. The van der Waals surface area contributed by atoms with Crippen molar-refractivity contribution in [3.8, 4) is 11.8 Å². The molecule has 0 fully saturated rings. The number of halogens is 2. The lowest BCUT2D eigenvalue weighted by Gasteiger charge is -2.23. The Labute approximate surface area is 201 Å². The molecule has 0 saturated carbocycles. The molecule has 0 saturated heterocycles. The van der Waals surface area contributed by atoms with Crippen LogP contribution in [0.25, 0.3) is 0 Å². The van der Waals surface area contributed by atoms with E-state index in [9.17, 15) is 22.0 Å². The fourth-order valence-electron chi connectivity index (χ4n) is 4.13. The second-order valence-corrected chi connectivity index (χ2v) is 10.4. The van der Waals surface area contributed by atoms with Crippen LogP contribution in [0, 0.1) is 11.6 Å². The highest BCUT2D eigenvalue weighted by molar-refractivity contribution is 7.92. The number of aromatic nitrogens is 1. The predicted octanol–water partition coefficient (Wildman–Crippen LogP) is 5.05. The van der Waals surface area contributed by atoms with E-state index in [0.29, 0.717) is 11.7 Å². The number of anilines is 1. The van der Waals surface area contributed by atoms with Crippen LogP contribution in [0.1, 0.15) is 65.8 Å². The average molecular weight is 506 g/mol. The maximum Gasteiger partial charge on any atom is 0.399 e. The Hall–Kier alpha value is -3.47. The van der Waals surface area contributed by atoms with Gasteiger partial charge in [0, 0.05) is 0 Å². The molecule has 0 radical (unpaired) electrons. The van der Waals surface area contributed by atoms with Gasteiger partial charge in [-0.05, 0) is 67.0 Å². The van der Waals surface area contributed by atoms with Gasteiger partial charge in [-0.3, -0.25) is 9.52 Å². The zero-order chi connectivity index (χ0) is 25.3. The largest absolute Gasteiger partial charge is 0.416 e. The van der Waals surface area contributed by atoms with Crippen molar-refractivity contribution in [1.82, 2.24) is 10.3 Å². The second-order valence-electron chi connectivity index (χ2n) is 8.65. The molecule has 0 bridgehead atoms. The van der Waals surface area contributed by atoms with Crippen molar-refractivity contribution in [2.45, 2.75) is 45.1 Å². The number of nitrogens with one attached hydrogen (secondary N) is 2. The highest BCUT2D eigenvalue weighted by atomic mass is 32.2. The third-order valence-corrected chi connectivity index (χ3v) is 6.45. The molecule has 8 nitrogen and oxygen atoms in total. The number of fused-ring (bicyclic) bond motifs is 1. The topological polar surface area (TPSA) is 111 Å². The fraction of sp³-hybridized carbons (Fsp3) is 0.333. The quantitative estimate of drug-likeness (QED) is 0.465. The van der Waals surface area contributed by atoms with Gasteiger partial charge in [0.1, 0.15) is 17.7 Å². The first-order chi connectivity index (χ1) is 16.5. The number of hydrogen-bond acceptors (Lipinski definition) is 6. The summed E-state index contributed by atoms with van der Waals surface area (Å²) in [5.74, 6) is -1.79. The van der Waals surface area contributed by atoms with Crippen molar-refractivity contribution in [3.05, 3.63) is 70.6 Å². The van der Waals surface area contributed by atoms with Gasteiger partial charge in [0.2, 0.25) is 10.0 Å². The van der Waals surface area contributed by atoms with Gasteiger partial charge in [0.15, 0.2) is 17.3 Å². The summed E-state index contributed by atoms with van der Waals surface area (Å²) in [5, 5.41) is 2.58. The van der Waals surface area contributed by atoms with Crippen LogP contribution in [-0.4, -0.2) is 25.6 Å². The summed E-state index contributed by atoms with van der Waals surface area (Å²) in [6.07, 6.45) is 4.87. The van der Waals surface area contributed by atoms with E-state index < -0.39 is 39.3 Å². The Morgan fingerprint density at radius 1 is 1.26 bits per heavy atom. The molecule has 1 heterocycles. The van der Waals surface area contributed by atoms with Crippen molar-refractivity contribution in [2.24, 2.45) is 0 Å². The van der Waals surface area contributed by atoms with Crippen LogP contribution < -0.4 is 14.8 Å². The number of carbonyl (C=O) groups is 1. The van der Waals surface area contributed by atoms with Gasteiger partial charge in [-0.1, -0.05) is 19.1 Å². The molecule has 1 aromatic heterocycles. The summed E-state index contributed by atoms with van der Waals surface area (Å²) >= 11 is 0. The summed E-state index contributed by atoms with van der Waals surface area (Å²) in [4.78, 5) is 16.7. The zero-order valence-electron chi connectivity index (χ0n) is 19.4. The first-order valence-electron chi connectivity index (χ1n) is 11.0. The minimum absolute atomic E-state index is 0.0682. The summed E-state index contributed by atoms with van der Waals surface area (Å²) in [6, 6.07) is 6.88. The van der Waals surface area contributed by atoms with E-state index in [0.717, 1.165) is 49.5 Å². The molecular weight excluding hydrogens is 480 g/mol. The Balaban J connectivity index is 1.46.